The topological polar surface area (TPSA) is 47.3 Å². The van der Waals surface area contributed by atoms with Crippen molar-refractivity contribution >= 4 is 11.6 Å². The first-order chi connectivity index (χ1) is 6.29. The minimum Gasteiger partial charge on any atom is -0.394 e. The molecule has 0 amide bonds. The van der Waals surface area contributed by atoms with Crippen molar-refractivity contribution in [1.82, 2.24) is 9.55 Å². The van der Waals surface area contributed by atoms with Gasteiger partial charge in [0.25, 0.3) is 0 Å². The number of aromatic nitrogens is 2. The zero-order valence-electron chi connectivity index (χ0n) is 7.06. The van der Waals surface area contributed by atoms with Crippen LogP contribution in [0.1, 0.15) is 19.1 Å². The molecule has 0 unspecified atom stereocenters. The normalized spacial score (nSPS) is 28.2. The summed E-state index contributed by atoms with van der Waals surface area (Å²) in [6.07, 6.45) is 5.11. The predicted octanol–water partition coefficient (Wildman–Crippen LogP) is 1.21. The maximum absolute atomic E-state index is 8.86. The molecule has 5 heteroatoms. The van der Waals surface area contributed by atoms with Crippen molar-refractivity contribution in [2.45, 2.75) is 25.2 Å². The Morgan fingerprint density at radius 2 is 2.54 bits per heavy atom. The van der Waals surface area contributed by atoms with Crippen molar-refractivity contribution in [3.63, 3.8) is 0 Å². The highest BCUT2D eigenvalue weighted by Crippen LogP contribution is 2.28. The van der Waals surface area contributed by atoms with Crippen molar-refractivity contribution in [3.8, 4) is 0 Å². The zero-order valence-corrected chi connectivity index (χ0v) is 7.81. The second-order valence-electron chi connectivity index (χ2n) is 3.12. The summed E-state index contributed by atoms with van der Waals surface area (Å²) in [6.45, 7) is 0.0823. The van der Waals surface area contributed by atoms with Crippen LogP contribution >= 0.6 is 11.6 Å². The van der Waals surface area contributed by atoms with Crippen LogP contribution in [0.5, 0.6) is 0 Å². The summed E-state index contributed by atoms with van der Waals surface area (Å²) in [5.74, 6) is 0. The van der Waals surface area contributed by atoms with Gasteiger partial charge in [-0.2, -0.15) is 0 Å². The summed E-state index contributed by atoms with van der Waals surface area (Å²) in [7, 11) is 0. The lowest BCUT2D eigenvalue weighted by molar-refractivity contribution is -0.0223. The molecule has 1 saturated heterocycles. The Balaban J connectivity index is 2.03. The number of hydrogen-bond acceptors (Lipinski definition) is 3. The molecule has 0 aliphatic carbocycles. The first-order valence-electron chi connectivity index (χ1n) is 4.25. The molecule has 72 valence electrons. The van der Waals surface area contributed by atoms with Crippen molar-refractivity contribution < 1.29 is 9.84 Å². The molecule has 1 aliphatic heterocycles. The summed E-state index contributed by atoms with van der Waals surface area (Å²) in [5.41, 5.74) is 0. The Kier molecular flexibility index (Phi) is 2.53. The number of hydrogen-bond donors (Lipinski definition) is 1. The van der Waals surface area contributed by atoms with Gasteiger partial charge in [0.2, 0.25) is 0 Å². The van der Waals surface area contributed by atoms with Crippen LogP contribution in [0.3, 0.4) is 0 Å². The number of nitrogens with zero attached hydrogens (tertiary/aromatic N) is 2. The molecule has 0 saturated carbocycles. The summed E-state index contributed by atoms with van der Waals surface area (Å²) in [4.78, 5) is 3.90. The van der Waals surface area contributed by atoms with E-state index in [1.54, 1.807) is 12.5 Å². The molecule has 1 fully saturated rings. The van der Waals surface area contributed by atoms with Gasteiger partial charge in [0, 0.05) is 6.20 Å². The SMILES string of the molecule is OC[C@@H]1CC[C@@H](n2cnc(Cl)c2)O1. The summed E-state index contributed by atoms with van der Waals surface area (Å²) < 4.78 is 7.36. The van der Waals surface area contributed by atoms with Gasteiger partial charge in [-0.25, -0.2) is 4.98 Å². The van der Waals surface area contributed by atoms with Crippen LogP contribution in [0.15, 0.2) is 12.5 Å². The third kappa shape index (κ3) is 1.85. The molecular weight excluding hydrogens is 192 g/mol. The Hall–Kier alpha value is -0.580. The van der Waals surface area contributed by atoms with Crippen molar-refractivity contribution in [2.24, 2.45) is 0 Å². The summed E-state index contributed by atoms with van der Waals surface area (Å²) in [6, 6.07) is 0. The quantitative estimate of drug-likeness (QED) is 0.784. The van der Waals surface area contributed by atoms with Gasteiger partial charge >= 0.3 is 0 Å². The lowest BCUT2D eigenvalue weighted by Gasteiger charge is -2.12. The molecule has 2 heterocycles. The van der Waals surface area contributed by atoms with Gasteiger partial charge in [-0.1, -0.05) is 11.6 Å². The lowest BCUT2D eigenvalue weighted by Crippen LogP contribution is -2.13. The third-order valence-corrected chi connectivity index (χ3v) is 2.39. The highest BCUT2D eigenvalue weighted by Gasteiger charge is 2.25. The number of aliphatic hydroxyl groups is 1. The van der Waals surface area contributed by atoms with Gasteiger partial charge in [0.1, 0.15) is 11.4 Å². The van der Waals surface area contributed by atoms with E-state index in [2.05, 4.69) is 4.98 Å². The molecular formula is C8H11ClN2O2. The average molecular weight is 203 g/mol. The van der Waals surface area contributed by atoms with Gasteiger partial charge in [-0.05, 0) is 12.8 Å². The molecule has 1 aromatic heterocycles. The Morgan fingerprint density at radius 3 is 3.08 bits per heavy atom. The van der Waals surface area contributed by atoms with Crippen LogP contribution in [-0.4, -0.2) is 27.4 Å². The highest BCUT2D eigenvalue weighted by atomic mass is 35.5. The molecule has 0 bridgehead atoms. The minimum atomic E-state index is -0.0359. The van der Waals surface area contributed by atoms with Crippen LogP contribution in [0.4, 0.5) is 0 Å². The van der Waals surface area contributed by atoms with E-state index in [0.717, 1.165) is 12.8 Å². The van der Waals surface area contributed by atoms with Crippen LogP contribution < -0.4 is 0 Å². The smallest absolute Gasteiger partial charge is 0.147 e. The predicted molar refractivity (Wildman–Crippen MR) is 47.5 cm³/mol. The van der Waals surface area contributed by atoms with Crippen LogP contribution in [0.25, 0.3) is 0 Å². The first kappa shape index (κ1) is 8.99. The molecule has 0 spiro atoms. The number of imidazole rings is 1. The average Bonchev–Trinajstić information content (AvgIpc) is 2.71. The van der Waals surface area contributed by atoms with E-state index < -0.39 is 0 Å². The van der Waals surface area contributed by atoms with E-state index in [-0.39, 0.29) is 18.9 Å². The van der Waals surface area contributed by atoms with Gasteiger partial charge in [-0.3, -0.25) is 0 Å². The summed E-state index contributed by atoms with van der Waals surface area (Å²) in [5, 5.41) is 9.33. The van der Waals surface area contributed by atoms with Crippen LogP contribution in [0, 0.1) is 0 Å². The van der Waals surface area contributed by atoms with E-state index >= 15 is 0 Å². The van der Waals surface area contributed by atoms with Crippen molar-refractivity contribution in [1.29, 1.82) is 0 Å². The largest absolute Gasteiger partial charge is 0.394 e. The summed E-state index contributed by atoms with van der Waals surface area (Å²) >= 11 is 5.67. The molecule has 4 nitrogen and oxygen atoms in total. The van der Waals surface area contributed by atoms with Gasteiger partial charge < -0.3 is 14.4 Å². The number of ether oxygens (including phenoxy) is 1. The third-order valence-electron chi connectivity index (χ3n) is 2.19. The number of halogens is 1. The minimum absolute atomic E-state index is 0.0165. The fourth-order valence-corrected chi connectivity index (χ4v) is 1.67. The monoisotopic (exact) mass is 202 g/mol. The molecule has 0 radical (unpaired) electrons. The second kappa shape index (κ2) is 3.65. The van der Waals surface area contributed by atoms with Crippen molar-refractivity contribution in [2.75, 3.05) is 6.61 Å². The van der Waals surface area contributed by atoms with Gasteiger partial charge in [-0.15, -0.1) is 0 Å². The van der Waals surface area contributed by atoms with Crippen molar-refractivity contribution in [3.05, 3.63) is 17.7 Å². The number of rotatable bonds is 2. The fourth-order valence-electron chi connectivity index (χ4n) is 1.51. The van der Waals surface area contributed by atoms with Crippen LogP contribution in [-0.2, 0) is 4.74 Å². The molecule has 2 atom stereocenters. The molecule has 13 heavy (non-hydrogen) atoms. The van der Waals surface area contributed by atoms with E-state index in [1.165, 1.54) is 0 Å². The second-order valence-corrected chi connectivity index (χ2v) is 3.50. The molecule has 2 rings (SSSR count). The highest BCUT2D eigenvalue weighted by molar-refractivity contribution is 6.29. The standard InChI is InChI=1S/C8H11ClN2O2/c9-7-3-11(5-10-7)8-2-1-6(4-12)13-8/h3,5-6,8,12H,1-2,4H2/t6-,8-/m0/s1. The van der Waals surface area contributed by atoms with E-state index in [0.29, 0.717) is 5.15 Å². The Bertz CT molecular complexity index is 289. The molecule has 1 aromatic rings. The first-order valence-corrected chi connectivity index (χ1v) is 4.62. The van der Waals surface area contributed by atoms with E-state index in [1.807, 2.05) is 4.57 Å². The van der Waals surface area contributed by atoms with E-state index in [9.17, 15) is 0 Å². The van der Waals surface area contributed by atoms with Gasteiger partial charge in [0.05, 0.1) is 19.0 Å². The molecule has 1 N–H and O–H groups in total. The lowest BCUT2D eigenvalue weighted by atomic mass is 10.2. The maximum atomic E-state index is 8.86. The Labute approximate surface area is 81.1 Å². The molecule has 0 aromatic carbocycles. The maximum Gasteiger partial charge on any atom is 0.147 e. The van der Waals surface area contributed by atoms with Gasteiger partial charge in [0.15, 0.2) is 0 Å². The number of aliphatic hydroxyl groups excluding tert-OH is 1. The Morgan fingerprint density at radius 1 is 1.69 bits per heavy atom. The zero-order chi connectivity index (χ0) is 9.26. The van der Waals surface area contributed by atoms with E-state index in [4.69, 9.17) is 21.4 Å². The van der Waals surface area contributed by atoms with Crippen LogP contribution in [0.2, 0.25) is 5.15 Å². The fraction of sp³-hybridized carbons (Fsp3) is 0.625. The molecule has 1 aliphatic rings.